The van der Waals surface area contributed by atoms with Gasteiger partial charge >= 0.3 is 0 Å². The molecule has 0 unspecified atom stereocenters. The van der Waals surface area contributed by atoms with E-state index in [0.29, 0.717) is 42.1 Å². The van der Waals surface area contributed by atoms with E-state index in [-0.39, 0.29) is 0 Å². The van der Waals surface area contributed by atoms with E-state index in [1.54, 1.807) is 0 Å². The zero-order chi connectivity index (χ0) is 15.4. The lowest BCUT2D eigenvalue weighted by molar-refractivity contribution is 0.228. The maximum atomic E-state index is 6.09. The summed E-state index contributed by atoms with van der Waals surface area (Å²) < 4.78 is 12.5. The van der Waals surface area contributed by atoms with Gasteiger partial charge in [-0.3, -0.25) is 0 Å². The topological polar surface area (TPSA) is 55.4 Å². The molecule has 0 bridgehead atoms. The Hall–Kier alpha value is -0.560. The molecule has 2 aliphatic rings. The van der Waals surface area contributed by atoms with Gasteiger partial charge in [-0.1, -0.05) is 11.6 Å². The molecule has 2 atom stereocenters. The Bertz CT molecular complexity index is 461. The summed E-state index contributed by atoms with van der Waals surface area (Å²) in [5, 5.41) is 7.21. The lowest BCUT2D eigenvalue weighted by atomic mass is 10.2. The summed E-state index contributed by atoms with van der Waals surface area (Å²) in [4.78, 5) is 4.30. The molecule has 2 aliphatic heterocycles. The number of ether oxygens (including phenoxy) is 2. The van der Waals surface area contributed by atoms with Crippen LogP contribution in [-0.2, 0) is 0 Å². The second-order valence-corrected chi connectivity index (χ2v) is 6.99. The first kappa shape index (κ1) is 16.3. The molecule has 2 N–H and O–H groups in total. The smallest absolute Gasteiger partial charge is 0.258 e. The van der Waals surface area contributed by atoms with Crippen LogP contribution in [0.15, 0.2) is 10.5 Å². The fraction of sp³-hybridized carbons (Fsp3) is 0.667. The first-order valence-corrected chi connectivity index (χ1v) is 8.98. The molecule has 22 heavy (non-hydrogen) atoms. The number of nitrogens with one attached hydrogen (secondary N) is 2. The number of nitrogens with zero attached hydrogens (tertiary/aromatic N) is 1. The van der Waals surface area contributed by atoms with E-state index in [2.05, 4.69) is 31.5 Å². The van der Waals surface area contributed by atoms with Gasteiger partial charge in [0.05, 0.1) is 4.47 Å². The lowest BCUT2D eigenvalue weighted by Gasteiger charge is -2.17. The van der Waals surface area contributed by atoms with Crippen LogP contribution in [0, 0.1) is 0 Å². The summed E-state index contributed by atoms with van der Waals surface area (Å²) in [6, 6.07) is 2.62. The average molecular weight is 391 g/mol. The van der Waals surface area contributed by atoms with Gasteiger partial charge in [0.1, 0.15) is 18.4 Å². The van der Waals surface area contributed by atoms with E-state index >= 15 is 0 Å². The number of aromatic nitrogens is 1. The Morgan fingerprint density at radius 1 is 1.14 bits per heavy atom. The van der Waals surface area contributed by atoms with Crippen LogP contribution < -0.4 is 20.1 Å². The highest BCUT2D eigenvalue weighted by Crippen LogP contribution is 2.33. The van der Waals surface area contributed by atoms with Crippen LogP contribution in [0.5, 0.6) is 11.6 Å². The van der Waals surface area contributed by atoms with E-state index in [4.69, 9.17) is 21.1 Å². The van der Waals surface area contributed by atoms with E-state index in [1.165, 1.54) is 12.8 Å². The second kappa shape index (κ2) is 7.81. The van der Waals surface area contributed by atoms with Crippen molar-refractivity contribution in [3.05, 3.63) is 15.7 Å². The van der Waals surface area contributed by atoms with Gasteiger partial charge in [0, 0.05) is 18.2 Å². The molecular weight excluding hydrogens is 370 g/mol. The quantitative estimate of drug-likeness (QED) is 0.732. The fourth-order valence-electron chi connectivity index (χ4n) is 2.81. The summed E-state index contributed by atoms with van der Waals surface area (Å²) >= 11 is 9.48. The lowest BCUT2D eigenvalue weighted by Crippen LogP contribution is -2.29. The number of hydrogen-bond donors (Lipinski definition) is 2. The first-order chi connectivity index (χ1) is 10.7. The molecule has 2 fully saturated rings. The molecule has 3 heterocycles. The zero-order valence-electron chi connectivity index (χ0n) is 12.4. The minimum atomic E-state index is 0.383. The minimum Gasteiger partial charge on any atom is -0.486 e. The third-order valence-electron chi connectivity index (χ3n) is 4.05. The number of rotatable bonds is 6. The molecule has 1 aromatic rings. The Morgan fingerprint density at radius 2 is 1.77 bits per heavy atom. The number of halogens is 2. The molecule has 0 saturated carbocycles. The van der Waals surface area contributed by atoms with Crippen LogP contribution in [0.4, 0.5) is 0 Å². The maximum Gasteiger partial charge on any atom is 0.258 e. The van der Waals surface area contributed by atoms with Crippen molar-refractivity contribution in [2.75, 3.05) is 26.3 Å². The predicted molar refractivity (Wildman–Crippen MR) is 90.0 cm³/mol. The highest BCUT2D eigenvalue weighted by atomic mass is 79.9. The zero-order valence-corrected chi connectivity index (χ0v) is 14.8. The van der Waals surface area contributed by atoms with E-state index in [1.807, 2.05) is 6.07 Å². The van der Waals surface area contributed by atoms with Crippen molar-refractivity contribution >= 4 is 27.5 Å². The van der Waals surface area contributed by atoms with Gasteiger partial charge in [0.15, 0.2) is 5.75 Å². The van der Waals surface area contributed by atoms with Crippen LogP contribution in [0.3, 0.4) is 0 Å². The Balaban J connectivity index is 1.64. The molecule has 0 aromatic carbocycles. The Morgan fingerprint density at radius 3 is 2.36 bits per heavy atom. The molecule has 0 amide bonds. The molecule has 0 spiro atoms. The van der Waals surface area contributed by atoms with Crippen molar-refractivity contribution in [1.82, 2.24) is 15.6 Å². The van der Waals surface area contributed by atoms with E-state index in [9.17, 15) is 0 Å². The van der Waals surface area contributed by atoms with Crippen LogP contribution in [0.25, 0.3) is 0 Å². The standard InChI is InChI=1S/C15H21BrClN3O2/c16-12-7-13(21-8-10-3-1-5-18-10)15(20-14(12)17)22-9-11-4-2-6-19-11/h7,10-11,18-19H,1-6,8-9H2/t10-,11-/m0/s1. The van der Waals surface area contributed by atoms with Crippen LogP contribution in [0.1, 0.15) is 25.7 Å². The average Bonchev–Trinajstić information content (AvgIpc) is 3.19. The monoisotopic (exact) mass is 389 g/mol. The Kier molecular flexibility index (Phi) is 5.79. The summed E-state index contributed by atoms with van der Waals surface area (Å²) in [5.74, 6) is 1.11. The molecule has 122 valence electrons. The van der Waals surface area contributed by atoms with Crippen molar-refractivity contribution in [1.29, 1.82) is 0 Å². The van der Waals surface area contributed by atoms with Gasteiger partial charge in [-0.15, -0.1) is 0 Å². The van der Waals surface area contributed by atoms with E-state index < -0.39 is 0 Å². The summed E-state index contributed by atoms with van der Waals surface area (Å²) in [6.07, 6.45) is 4.67. The van der Waals surface area contributed by atoms with Gasteiger partial charge in [0.25, 0.3) is 5.88 Å². The normalized spacial score (nSPS) is 24.6. The summed E-state index contributed by atoms with van der Waals surface area (Å²) in [6.45, 7) is 3.32. The molecule has 3 rings (SSSR count). The Labute approximate surface area is 144 Å². The van der Waals surface area contributed by atoms with Crippen molar-refractivity contribution in [3.8, 4) is 11.6 Å². The third kappa shape index (κ3) is 4.25. The van der Waals surface area contributed by atoms with Crippen molar-refractivity contribution < 1.29 is 9.47 Å². The predicted octanol–water partition coefficient (Wildman–Crippen LogP) is 2.76. The van der Waals surface area contributed by atoms with Crippen molar-refractivity contribution in [3.63, 3.8) is 0 Å². The molecular formula is C15H21BrClN3O2. The van der Waals surface area contributed by atoms with E-state index in [0.717, 1.165) is 30.4 Å². The summed E-state index contributed by atoms with van der Waals surface area (Å²) in [7, 11) is 0. The molecule has 0 radical (unpaired) electrons. The van der Waals surface area contributed by atoms with Gasteiger partial charge in [-0.05, 0) is 54.7 Å². The fourth-order valence-corrected chi connectivity index (χ4v) is 3.24. The van der Waals surface area contributed by atoms with Crippen LogP contribution >= 0.6 is 27.5 Å². The highest BCUT2D eigenvalue weighted by molar-refractivity contribution is 9.10. The number of pyridine rings is 1. The van der Waals surface area contributed by atoms with Crippen LogP contribution in [-0.4, -0.2) is 43.4 Å². The van der Waals surface area contributed by atoms with Gasteiger partial charge < -0.3 is 20.1 Å². The third-order valence-corrected chi connectivity index (χ3v) is 5.17. The van der Waals surface area contributed by atoms with Crippen molar-refractivity contribution in [2.24, 2.45) is 0 Å². The summed E-state index contributed by atoms with van der Waals surface area (Å²) in [5.41, 5.74) is 0. The van der Waals surface area contributed by atoms with Gasteiger partial charge in [0.2, 0.25) is 0 Å². The first-order valence-electron chi connectivity index (χ1n) is 7.81. The highest BCUT2D eigenvalue weighted by Gasteiger charge is 2.20. The van der Waals surface area contributed by atoms with Gasteiger partial charge in [-0.2, -0.15) is 4.98 Å². The second-order valence-electron chi connectivity index (χ2n) is 5.77. The molecule has 1 aromatic heterocycles. The maximum absolute atomic E-state index is 6.09. The molecule has 5 nitrogen and oxygen atoms in total. The SMILES string of the molecule is Clc1nc(OC[C@@H]2CCCN2)c(OC[C@@H]2CCCN2)cc1Br. The van der Waals surface area contributed by atoms with Gasteiger partial charge in [-0.25, -0.2) is 0 Å². The molecule has 0 aliphatic carbocycles. The molecule has 7 heteroatoms. The minimum absolute atomic E-state index is 0.383. The number of hydrogen-bond acceptors (Lipinski definition) is 5. The van der Waals surface area contributed by atoms with Crippen molar-refractivity contribution in [2.45, 2.75) is 37.8 Å². The largest absolute Gasteiger partial charge is 0.486 e. The molecule has 2 saturated heterocycles. The van der Waals surface area contributed by atoms with Crippen LogP contribution in [0.2, 0.25) is 5.15 Å².